The summed E-state index contributed by atoms with van der Waals surface area (Å²) in [4.78, 5) is 25.2. The van der Waals surface area contributed by atoms with Gasteiger partial charge >= 0.3 is 0 Å². The molecule has 96 valence electrons. The van der Waals surface area contributed by atoms with E-state index in [0.717, 1.165) is 32.6 Å². The molecule has 2 aliphatic heterocycles. The van der Waals surface area contributed by atoms with E-state index in [-0.39, 0.29) is 11.8 Å². The van der Waals surface area contributed by atoms with Gasteiger partial charge in [0.25, 0.3) is 0 Å². The Hall–Kier alpha value is -1.10. The van der Waals surface area contributed by atoms with Crippen molar-refractivity contribution >= 4 is 11.8 Å². The molecule has 2 fully saturated rings. The van der Waals surface area contributed by atoms with Crippen molar-refractivity contribution < 1.29 is 14.3 Å². The van der Waals surface area contributed by atoms with E-state index in [4.69, 9.17) is 4.74 Å². The molecule has 0 spiro atoms. The monoisotopic (exact) mass is 240 g/mol. The van der Waals surface area contributed by atoms with Gasteiger partial charge in [-0.15, -0.1) is 0 Å². The average molecular weight is 240 g/mol. The van der Waals surface area contributed by atoms with Gasteiger partial charge in [0.2, 0.25) is 11.8 Å². The Balaban J connectivity index is 1.93. The molecule has 0 aromatic heterocycles. The van der Waals surface area contributed by atoms with Crippen LogP contribution in [0.5, 0.6) is 0 Å². The normalized spacial score (nSPS) is 31.0. The molecule has 5 nitrogen and oxygen atoms in total. The second kappa shape index (κ2) is 5.49. The van der Waals surface area contributed by atoms with Gasteiger partial charge in [-0.3, -0.25) is 9.59 Å². The quantitative estimate of drug-likeness (QED) is 0.747. The lowest BCUT2D eigenvalue weighted by atomic mass is 10.0. The summed E-state index contributed by atoms with van der Waals surface area (Å²) in [5, 5.41) is 2.70. The molecule has 2 rings (SSSR count). The zero-order valence-corrected chi connectivity index (χ0v) is 10.3. The Labute approximate surface area is 101 Å². The molecule has 2 aliphatic rings. The summed E-state index contributed by atoms with van der Waals surface area (Å²) in [7, 11) is 0. The van der Waals surface area contributed by atoms with Gasteiger partial charge in [0.15, 0.2) is 0 Å². The van der Waals surface area contributed by atoms with Gasteiger partial charge in [0, 0.05) is 26.1 Å². The highest BCUT2D eigenvalue weighted by Crippen LogP contribution is 2.16. The van der Waals surface area contributed by atoms with Crippen LogP contribution in [-0.4, -0.2) is 49.1 Å². The third-order valence-corrected chi connectivity index (χ3v) is 3.40. The van der Waals surface area contributed by atoms with Gasteiger partial charge in [0.05, 0.1) is 6.61 Å². The lowest BCUT2D eigenvalue weighted by Gasteiger charge is -2.29. The van der Waals surface area contributed by atoms with E-state index in [2.05, 4.69) is 5.32 Å². The first kappa shape index (κ1) is 12.4. The lowest BCUT2D eigenvalue weighted by Crippen LogP contribution is -2.45. The van der Waals surface area contributed by atoms with Crippen LogP contribution in [0.25, 0.3) is 0 Å². The second-order valence-electron chi connectivity index (χ2n) is 4.91. The van der Waals surface area contributed by atoms with E-state index in [1.54, 1.807) is 6.92 Å². The summed E-state index contributed by atoms with van der Waals surface area (Å²) in [5.74, 6) is 0.419. The van der Waals surface area contributed by atoms with Crippen molar-refractivity contribution in [2.24, 2.45) is 5.92 Å². The molecular formula is C12H20N2O3. The SMILES string of the molecule is CC1NC(=O)CCN(CC2CCCOC2)C1=O. The smallest absolute Gasteiger partial charge is 0.244 e. The summed E-state index contributed by atoms with van der Waals surface area (Å²) < 4.78 is 5.42. The van der Waals surface area contributed by atoms with Crippen LogP contribution in [0.3, 0.4) is 0 Å². The highest BCUT2D eigenvalue weighted by molar-refractivity contribution is 5.89. The lowest BCUT2D eigenvalue weighted by molar-refractivity contribution is -0.134. The Kier molecular flexibility index (Phi) is 3.99. The molecule has 17 heavy (non-hydrogen) atoms. The minimum Gasteiger partial charge on any atom is -0.381 e. The molecule has 0 radical (unpaired) electrons. The summed E-state index contributed by atoms with van der Waals surface area (Å²) in [5.41, 5.74) is 0. The average Bonchev–Trinajstić information content (AvgIpc) is 2.44. The van der Waals surface area contributed by atoms with Crippen molar-refractivity contribution in [3.63, 3.8) is 0 Å². The minimum absolute atomic E-state index is 0.0291. The zero-order valence-electron chi connectivity index (χ0n) is 10.3. The predicted molar refractivity (Wildman–Crippen MR) is 62.3 cm³/mol. The van der Waals surface area contributed by atoms with Gasteiger partial charge < -0.3 is 15.0 Å². The van der Waals surface area contributed by atoms with Crippen molar-refractivity contribution in [1.29, 1.82) is 0 Å². The van der Waals surface area contributed by atoms with Crippen LogP contribution >= 0.6 is 0 Å². The number of hydrogen-bond donors (Lipinski definition) is 1. The topological polar surface area (TPSA) is 58.6 Å². The maximum Gasteiger partial charge on any atom is 0.244 e. The van der Waals surface area contributed by atoms with E-state index in [9.17, 15) is 9.59 Å². The van der Waals surface area contributed by atoms with Crippen LogP contribution in [0.1, 0.15) is 26.2 Å². The molecule has 2 saturated heterocycles. The van der Waals surface area contributed by atoms with Gasteiger partial charge in [-0.1, -0.05) is 0 Å². The molecule has 0 bridgehead atoms. The van der Waals surface area contributed by atoms with Crippen LogP contribution in [0.4, 0.5) is 0 Å². The Morgan fingerprint density at radius 3 is 3.00 bits per heavy atom. The van der Waals surface area contributed by atoms with E-state index in [0.29, 0.717) is 18.9 Å². The fourth-order valence-electron chi connectivity index (χ4n) is 2.44. The Morgan fingerprint density at radius 2 is 2.29 bits per heavy atom. The number of rotatable bonds is 2. The number of nitrogens with zero attached hydrogens (tertiary/aromatic N) is 1. The van der Waals surface area contributed by atoms with Crippen LogP contribution in [-0.2, 0) is 14.3 Å². The molecule has 0 aromatic rings. The van der Waals surface area contributed by atoms with Crippen LogP contribution in [0.15, 0.2) is 0 Å². The van der Waals surface area contributed by atoms with Crippen molar-refractivity contribution in [1.82, 2.24) is 10.2 Å². The summed E-state index contributed by atoms with van der Waals surface area (Å²) in [6.45, 7) is 4.57. The largest absolute Gasteiger partial charge is 0.381 e. The van der Waals surface area contributed by atoms with Gasteiger partial charge in [-0.05, 0) is 25.7 Å². The van der Waals surface area contributed by atoms with Crippen molar-refractivity contribution in [3.05, 3.63) is 0 Å². The molecule has 1 N–H and O–H groups in total. The first-order valence-corrected chi connectivity index (χ1v) is 6.32. The summed E-state index contributed by atoms with van der Waals surface area (Å²) in [6.07, 6.45) is 2.59. The number of nitrogens with one attached hydrogen (secondary N) is 1. The zero-order chi connectivity index (χ0) is 12.3. The molecule has 0 saturated carbocycles. The first-order valence-electron chi connectivity index (χ1n) is 6.32. The van der Waals surface area contributed by atoms with Crippen LogP contribution in [0, 0.1) is 5.92 Å². The highest BCUT2D eigenvalue weighted by atomic mass is 16.5. The number of carbonyl (C=O) groups excluding carboxylic acids is 2. The fraction of sp³-hybridized carbons (Fsp3) is 0.833. The summed E-state index contributed by atoms with van der Waals surface area (Å²) in [6, 6.07) is -0.394. The summed E-state index contributed by atoms with van der Waals surface area (Å²) >= 11 is 0. The van der Waals surface area contributed by atoms with Crippen LogP contribution < -0.4 is 5.32 Å². The van der Waals surface area contributed by atoms with E-state index < -0.39 is 6.04 Å². The maximum absolute atomic E-state index is 12.0. The van der Waals surface area contributed by atoms with Gasteiger partial charge in [-0.25, -0.2) is 0 Å². The molecule has 2 atom stereocenters. The minimum atomic E-state index is -0.394. The molecule has 2 heterocycles. The third-order valence-electron chi connectivity index (χ3n) is 3.40. The molecule has 0 aromatic carbocycles. The van der Waals surface area contributed by atoms with Gasteiger partial charge in [-0.2, -0.15) is 0 Å². The number of ether oxygens (including phenoxy) is 1. The standard InChI is InChI=1S/C12H20N2O3/c1-9-12(16)14(5-4-11(15)13-9)7-10-3-2-6-17-8-10/h9-10H,2-8H2,1H3,(H,13,15). The van der Waals surface area contributed by atoms with Crippen molar-refractivity contribution in [2.45, 2.75) is 32.2 Å². The second-order valence-corrected chi connectivity index (χ2v) is 4.91. The Bertz CT molecular complexity index is 300. The predicted octanol–water partition coefficient (Wildman–Crippen LogP) is 0.150. The number of amides is 2. The molecule has 2 unspecified atom stereocenters. The van der Waals surface area contributed by atoms with E-state index in [1.165, 1.54) is 0 Å². The van der Waals surface area contributed by atoms with Gasteiger partial charge in [0.1, 0.15) is 6.04 Å². The van der Waals surface area contributed by atoms with Crippen molar-refractivity contribution in [3.8, 4) is 0 Å². The third kappa shape index (κ3) is 3.19. The molecule has 2 amide bonds. The number of carbonyl (C=O) groups is 2. The van der Waals surface area contributed by atoms with E-state index in [1.807, 2.05) is 4.90 Å². The molecule has 5 heteroatoms. The molecule has 0 aliphatic carbocycles. The first-order chi connectivity index (χ1) is 8.16. The van der Waals surface area contributed by atoms with Crippen LogP contribution in [0.2, 0.25) is 0 Å². The maximum atomic E-state index is 12.0. The highest BCUT2D eigenvalue weighted by Gasteiger charge is 2.28. The van der Waals surface area contributed by atoms with E-state index >= 15 is 0 Å². The number of hydrogen-bond acceptors (Lipinski definition) is 3. The molecular weight excluding hydrogens is 220 g/mol. The Morgan fingerprint density at radius 1 is 1.47 bits per heavy atom. The van der Waals surface area contributed by atoms with Crippen molar-refractivity contribution in [2.75, 3.05) is 26.3 Å². The fourth-order valence-corrected chi connectivity index (χ4v) is 2.44.